The number of hydrogen-bond donors (Lipinski definition) is 0. The first-order chi connectivity index (χ1) is 6.30. The summed E-state index contributed by atoms with van der Waals surface area (Å²) in [7, 11) is -1.72. The standard InChI is InChI=1S/C12H24OS/c1-10(2)12(11(3)4)6-8-14(5,13)9-7-12/h10-11H,5-9H2,1-4H3. The van der Waals surface area contributed by atoms with E-state index in [9.17, 15) is 4.21 Å². The van der Waals surface area contributed by atoms with Crippen LogP contribution in [0.15, 0.2) is 0 Å². The van der Waals surface area contributed by atoms with Gasteiger partial charge < -0.3 is 0 Å². The second-order valence-corrected chi connectivity index (χ2v) is 8.17. The molecule has 0 aromatic heterocycles. The third-order valence-corrected chi connectivity index (χ3v) is 6.07. The lowest BCUT2D eigenvalue weighted by Crippen LogP contribution is -2.41. The van der Waals surface area contributed by atoms with Gasteiger partial charge in [-0.15, -0.1) is 0 Å². The van der Waals surface area contributed by atoms with Gasteiger partial charge in [0.25, 0.3) is 0 Å². The van der Waals surface area contributed by atoms with Gasteiger partial charge in [-0.25, -0.2) is 0 Å². The van der Waals surface area contributed by atoms with E-state index in [4.69, 9.17) is 0 Å². The fraction of sp³-hybridized carbons (Fsp3) is 0.917. The molecule has 0 amide bonds. The third-order valence-electron chi connectivity index (χ3n) is 4.18. The molecule has 0 atom stereocenters. The van der Waals surface area contributed by atoms with Crippen molar-refractivity contribution in [3.05, 3.63) is 0 Å². The van der Waals surface area contributed by atoms with E-state index in [2.05, 4.69) is 33.6 Å². The predicted molar refractivity (Wildman–Crippen MR) is 66.3 cm³/mol. The van der Waals surface area contributed by atoms with Gasteiger partial charge in [0.2, 0.25) is 0 Å². The van der Waals surface area contributed by atoms with Crippen molar-refractivity contribution in [2.24, 2.45) is 17.3 Å². The van der Waals surface area contributed by atoms with Crippen LogP contribution in [-0.2, 0) is 9.52 Å². The van der Waals surface area contributed by atoms with Crippen LogP contribution in [0.5, 0.6) is 0 Å². The molecule has 0 aromatic rings. The Kier molecular flexibility index (Phi) is 3.35. The minimum Gasteiger partial charge on any atom is -0.268 e. The minimum absolute atomic E-state index is 0.415. The Labute approximate surface area is 89.3 Å². The summed E-state index contributed by atoms with van der Waals surface area (Å²) in [4.78, 5) is 0. The summed E-state index contributed by atoms with van der Waals surface area (Å²) in [5.41, 5.74) is 0.415. The molecule has 84 valence electrons. The smallest absolute Gasteiger partial charge is 0.0164 e. The second kappa shape index (κ2) is 3.88. The van der Waals surface area contributed by atoms with Crippen LogP contribution in [0.1, 0.15) is 40.5 Å². The van der Waals surface area contributed by atoms with Crippen molar-refractivity contribution in [1.82, 2.24) is 0 Å². The molecule has 0 N–H and O–H groups in total. The molecule has 0 aromatic carbocycles. The Morgan fingerprint density at radius 2 is 1.43 bits per heavy atom. The molecule has 1 saturated heterocycles. The summed E-state index contributed by atoms with van der Waals surface area (Å²) >= 11 is 0. The van der Waals surface area contributed by atoms with E-state index in [0.29, 0.717) is 17.3 Å². The van der Waals surface area contributed by atoms with Gasteiger partial charge in [-0.3, -0.25) is 4.21 Å². The molecule has 1 aliphatic rings. The van der Waals surface area contributed by atoms with Gasteiger partial charge in [0.05, 0.1) is 0 Å². The van der Waals surface area contributed by atoms with Gasteiger partial charge in [-0.05, 0) is 45.5 Å². The van der Waals surface area contributed by atoms with Crippen LogP contribution in [-0.4, -0.2) is 21.6 Å². The van der Waals surface area contributed by atoms with Crippen LogP contribution in [0.4, 0.5) is 0 Å². The molecule has 0 spiro atoms. The number of hydrogen-bond acceptors (Lipinski definition) is 1. The molecule has 14 heavy (non-hydrogen) atoms. The van der Waals surface area contributed by atoms with E-state index in [1.165, 1.54) is 0 Å². The largest absolute Gasteiger partial charge is 0.268 e. The maximum absolute atomic E-state index is 11.8. The van der Waals surface area contributed by atoms with Crippen molar-refractivity contribution in [3.63, 3.8) is 0 Å². The lowest BCUT2D eigenvalue weighted by Gasteiger charge is -2.45. The molecule has 0 radical (unpaired) electrons. The van der Waals surface area contributed by atoms with Crippen LogP contribution >= 0.6 is 0 Å². The topological polar surface area (TPSA) is 17.1 Å². The molecule has 1 heterocycles. The molecular formula is C12H24OS. The first-order valence-corrected chi connectivity index (χ1v) is 7.69. The highest BCUT2D eigenvalue weighted by Gasteiger charge is 2.40. The molecule has 1 aliphatic heterocycles. The molecule has 0 saturated carbocycles. The summed E-state index contributed by atoms with van der Waals surface area (Å²) in [6.45, 7) is 9.21. The molecule has 1 nitrogen and oxygen atoms in total. The Morgan fingerprint density at radius 1 is 1.07 bits per heavy atom. The zero-order chi connectivity index (χ0) is 11.0. The third kappa shape index (κ3) is 2.16. The normalized spacial score (nSPS) is 25.6. The van der Waals surface area contributed by atoms with E-state index in [0.717, 1.165) is 24.3 Å². The second-order valence-electron chi connectivity index (χ2n) is 5.42. The Bertz CT molecular complexity index is 261. The summed E-state index contributed by atoms with van der Waals surface area (Å²) in [6.07, 6.45) is 2.20. The van der Waals surface area contributed by atoms with Crippen LogP contribution in [0.25, 0.3) is 0 Å². The van der Waals surface area contributed by atoms with Crippen LogP contribution in [0, 0.1) is 17.3 Å². The van der Waals surface area contributed by atoms with Gasteiger partial charge in [-0.1, -0.05) is 27.7 Å². The molecule has 2 heteroatoms. The van der Waals surface area contributed by atoms with Crippen LogP contribution in [0.2, 0.25) is 0 Å². The molecule has 0 bridgehead atoms. The minimum atomic E-state index is -1.72. The fourth-order valence-electron chi connectivity index (χ4n) is 2.80. The average Bonchev–Trinajstić information content (AvgIpc) is 2.03. The monoisotopic (exact) mass is 216 g/mol. The van der Waals surface area contributed by atoms with Crippen molar-refractivity contribution in [2.75, 3.05) is 11.5 Å². The zero-order valence-electron chi connectivity index (χ0n) is 10.0. The number of rotatable bonds is 2. The van der Waals surface area contributed by atoms with E-state index in [1.54, 1.807) is 0 Å². The first kappa shape index (κ1) is 12.1. The summed E-state index contributed by atoms with van der Waals surface area (Å²) in [6, 6.07) is 0. The molecule has 1 rings (SSSR count). The first-order valence-electron chi connectivity index (χ1n) is 5.63. The molecular weight excluding hydrogens is 192 g/mol. The Morgan fingerprint density at radius 3 is 1.71 bits per heavy atom. The van der Waals surface area contributed by atoms with Crippen molar-refractivity contribution < 1.29 is 4.21 Å². The van der Waals surface area contributed by atoms with Crippen molar-refractivity contribution in [3.8, 4) is 0 Å². The van der Waals surface area contributed by atoms with E-state index in [-0.39, 0.29) is 0 Å². The maximum Gasteiger partial charge on any atom is 0.0164 e. The summed E-state index contributed by atoms with van der Waals surface area (Å²) in [5.74, 6) is 6.90. The van der Waals surface area contributed by atoms with Crippen molar-refractivity contribution >= 4 is 15.4 Å². The van der Waals surface area contributed by atoms with Gasteiger partial charge in [0, 0.05) is 11.5 Å². The van der Waals surface area contributed by atoms with Gasteiger partial charge in [0.15, 0.2) is 0 Å². The summed E-state index contributed by atoms with van der Waals surface area (Å²) < 4.78 is 11.8. The molecule has 0 aliphatic carbocycles. The predicted octanol–water partition coefficient (Wildman–Crippen LogP) is 2.80. The lowest BCUT2D eigenvalue weighted by molar-refractivity contribution is 0.0972. The van der Waals surface area contributed by atoms with E-state index < -0.39 is 9.52 Å². The van der Waals surface area contributed by atoms with Crippen LogP contribution < -0.4 is 0 Å². The van der Waals surface area contributed by atoms with E-state index >= 15 is 0 Å². The van der Waals surface area contributed by atoms with E-state index in [1.807, 2.05) is 0 Å². The summed E-state index contributed by atoms with van der Waals surface area (Å²) in [5, 5.41) is 0. The lowest BCUT2D eigenvalue weighted by atomic mass is 9.65. The van der Waals surface area contributed by atoms with Gasteiger partial charge >= 0.3 is 0 Å². The van der Waals surface area contributed by atoms with Crippen molar-refractivity contribution in [2.45, 2.75) is 40.5 Å². The highest BCUT2D eigenvalue weighted by molar-refractivity contribution is 8.00. The van der Waals surface area contributed by atoms with Crippen LogP contribution in [0.3, 0.4) is 0 Å². The molecule has 1 fully saturated rings. The zero-order valence-corrected chi connectivity index (χ0v) is 10.8. The van der Waals surface area contributed by atoms with Crippen molar-refractivity contribution in [1.29, 1.82) is 0 Å². The van der Waals surface area contributed by atoms with Gasteiger partial charge in [-0.2, -0.15) is 0 Å². The maximum atomic E-state index is 11.8. The van der Waals surface area contributed by atoms with Gasteiger partial charge in [0.1, 0.15) is 0 Å². The Balaban J connectivity index is 2.85. The average molecular weight is 216 g/mol. The SMILES string of the molecule is C=S1(=O)CCC(C(C)C)(C(C)C)CC1. The molecule has 0 unspecified atom stereocenters. The highest BCUT2D eigenvalue weighted by Crippen LogP contribution is 2.45. The fourth-order valence-corrected chi connectivity index (χ4v) is 4.51. The Hall–Kier alpha value is 0.0200. The quantitative estimate of drug-likeness (QED) is 0.649. The highest BCUT2D eigenvalue weighted by atomic mass is 32.2.